The molecule has 0 saturated carbocycles. The topological polar surface area (TPSA) is 54.7 Å². The van der Waals surface area contributed by atoms with E-state index in [1.165, 1.54) is 102 Å². The highest BCUT2D eigenvalue weighted by atomic mass is 15.0. The van der Waals surface area contributed by atoms with E-state index in [1.54, 1.807) is 0 Å². The number of unbranched alkanes of at least 4 members (excludes halogenated alkanes) is 14. The molecule has 0 aromatic carbocycles. The van der Waals surface area contributed by atoms with E-state index >= 15 is 0 Å². The van der Waals surface area contributed by atoms with Gasteiger partial charge in [0.25, 0.3) is 0 Å². The molecule has 3 nitrogen and oxygen atoms in total. The van der Waals surface area contributed by atoms with Crippen LogP contribution in [-0.4, -0.2) is 9.97 Å². The van der Waals surface area contributed by atoms with E-state index in [0.717, 1.165) is 24.4 Å². The molecular formula is C24H47N3. The van der Waals surface area contributed by atoms with Gasteiger partial charge in [-0.1, -0.05) is 104 Å². The summed E-state index contributed by atoms with van der Waals surface area (Å²) in [6.07, 6.45) is 23.2. The van der Waals surface area contributed by atoms with Gasteiger partial charge in [0.1, 0.15) is 5.82 Å². The molecule has 0 amide bonds. The molecule has 0 bridgehead atoms. The highest BCUT2D eigenvalue weighted by Crippen LogP contribution is 2.17. The van der Waals surface area contributed by atoms with Crippen LogP contribution in [0.15, 0.2) is 0 Å². The van der Waals surface area contributed by atoms with Crippen molar-refractivity contribution in [3.8, 4) is 0 Å². The van der Waals surface area contributed by atoms with Crippen LogP contribution in [0.1, 0.15) is 140 Å². The molecule has 0 spiro atoms. The largest absolute Gasteiger partial charge is 0.346 e. The first-order valence-electron chi connectivity index (χ1n) is 12.0. The van der Waals surface area contributed by atoms with Gasteiger partial charge in [0, 0.05) is 18.2 Å². The monoisotopic (exact) mass is 377 g/mol. The van der Waals surface area contributed by atoms with Crippen molar-refractivity contribution in [2.75, 3.05) is 0 Å². The van der Waals surface area contributed by atoms with Crippen molar-refractivity contribution in [2.45, 2.75) is 136 Å². The standard InChI is InChI=1S/C24H47N3/c1-4-6-7-8-9-10-11-12-13-14-15-16-17-18-19-20-23-26-22(5-2)24(27-23)21(3)25/h21H,4-20,25H2,1-3H3,(H,26,27). The van der Waals surface area contributed by atoms with Gasteiger partial charge in [0.05, 0.1) is 5.69 Å². The number of hydrogen-bond donors (Lipinski definition) is 2. The zero-order valence-electron chi connectivity index (χ0n) is 18.6. The van der Waals surface area contributed by atoms with Crippen molar-refractivity contribution < 1.29 is 0 Å². The summed E-state index contributed by atoms with van der Waals surface area (Å²) in [6.45, 7) is 6.47. The summed E-state index contributed by atoms with van der Waals surface area (Å²) in [7, 11) is 0. The first-order valence-corrected chi connectivity index (χ1v) is 12.0. The second-order valence-corrected chi connectivity index (χ2v) is 8.39. The molecule has 0 aliphatic heterocycles. The Morgan fingerprint density at radius 2 is 1.19 bits per heavy atom. The SMILES string of the molecule is CCCCCCCCCCCCCCCCCc1nc(C(C)N)c(CC)[nH]1. The third-order valence-corrected chi connectivity index (χ3v) is 5.66. The van der Waals surface area contributed by atoms with Crippen LogP contribution in [0.5, 0.6) is 0 Å². The maximum atomic E-state index is 6.01. The van der Waals surface area contributed by atoms with Crippen molar-refractivity contribution in [1.82, 2.24) is 9.97 Å². The lowest BCUT2D eigenvalue weighted by atomic mass is 10.0. The molecule has 1 heterocycles. The van der Waals surface area contributed by atoms with Crippen LogP contribution in [0.4, 0.5) is 0 Å². The Hall–Kier alpha value is -0.830. The average Bonchev–Trinajstić information content (AvgIpc) is 3.08. The van der Waals surface area contributed by atoms with Gasteiger partial charge >= 0.3 is 0 Å². The molecule has 1 rings (SSSR count). The summed E-state index contributed by atoms with van der Waals surface area (Å²) < 4.78 is 0. The van der Waals surface area contributed by atoms with Gasteiger partial charge in [0.15, 0.2) is 0 Å². The zero-order valence-corrected chi connectivity index (χ0v) is 18.6. The number of nitrogens with zero attached hydrogens (tertiary/aromatic N) is 1. The quantitative estimate of drug-likeness (QED) is 0.262. The molecule has 1 atom stereocenters. The molecule has 158 valence electrons. The van der Waals surface area contributed by atoms with Gasteiger partial charge in [-0.2, -0.15) is 0 Å². The summed E-state index contributed by atoms with van der Waals surface area (Å²) in [5, 5.41) is 0. The fourth-order valence-electron chi connectivity index (χ4n) is 3.91. The fourth-order valence-corrected chi connectivity index (χ4v) is 3.91. The minimum atomic E-state index is 0.0333. The number of aromatic nitrogens is 2. The Morgan fingerprint density at radius 1 is 0.741 bits per heavy atom. The van der Waals surface area contributed by atoms with E-state index in [1.807, 2.05) is 6.92 Å². The van der Waals surface area contributed by atoms with E-state index in [-0.39, 0.29) is 6.04 Å². The van der Waals surface area contributed by atoms with Gasteiger partial charge in [-0.15, -0.1) is 0 Å². The molecule has 27 heavy (non-hydrogen) atoms. The number of nitrogens with two attached hydrogens (primary N) is 1. The molecule has 0 fully saturated rings. The lowest BCUT2D eigenvalue weighted by Gasteiger charge is -2.03. The first-order chi connectivity index (χ1) is 13.2. The van der Waals surface area contributed by atoms with Crippen LogP contribution in [0, 0.1) is 0 Å². The Morgan fingerprint density at radius 3 is 1.56 bits per heavy atom. The van der Waals surface area contributed by atoms with Crippen molar-refractivity contribution in [3.63, 3.8) is 0 Å². The summed E-state index contributed by atoms with van der Waals surface area (Å²) in [4.78, 5) is 8.17. The number of hydrogen-bond acceptors (Lipinski definition) is 2. The van der Waals surface area contributed by atoms with Crippen LogP contribution in [0.25, 0.3) is 0 Å². The van der Waals surface area contributed by atoms with Crippen LogP contribution >= 0.6 is 0 Å². The van der Waals surface area contributed by atoms with Gasteiger partial charge in [-0.25, -0.2) is 4.98 Å². The number of aryl methyl sites for hydroxylation is 2. The van der Waals surface area contributed by atoms with Gasteiger partial charge in [-0.3, -0.25) is 0 Å². The Balaban J connectivity index is 1.89. The number of H-pyrrole nitrogens is 1. The molecule has 1 aromatic rings. The van der Waals surface area contributed by atoms with Crippen LogP contribution in [0.3, 0.4) is 0 Å². The summed E-state index contributed by atoms with van der Waals surface area (Å²) in [5.41, 5.74) is 8.29. The Labute approximate surface area is 169 Å². The molecule has 0 aliphatic carbocycles. The van der Waals surface area contributed by atoms with E-state index in [9.17, 15) is 0 Å². The van der Waals surface area contributed by atoms with Gasteiger partial charge in [0.2, 0.25) is 0 Å². The van der Waals surface area contributed by atoms with Crippen molar-refractivity contribution in [1.29, 1.82) is 0 Å². The van der Waals surface area contributed by atoms with Crippen LogP contribution < -0.4 is 5.73 Å². The molecule has 0 aliphatic rings. The smallest absolute Gasteiger partial charge is 0.106 e. The third kappa shape index (κ3) is 11.6. The van der Waals surface area contributed by atoms with E-state index in [0.29, 0.717) is 0 Å². The Kier molecular flexibility index (Phi) is 14.5. The van der Waals surface area contributed by atoms with Crippen molar-refractivity contribution >= 4 is 0 Å². The summed E-state index contributed by atoms with van der Waals surface area (Å²) in [5.74, 6) is 1.13. The minimum Gasteiger partial charge on any atom is -0.346 e. The number of rotatable bonds is 18. The molecule has 1 aromatic heterocycles. The highest BCUT2D eigenvalue weighted by molar-refractivity contribution is 5.17. The number of aromatic amines is 1. The second kappa shape index (κ2) is 16.2. The third-order valence-electron chi connectivity index (χ3n) is 5.66. The number of nitrogens with one attached hydrogen (secondary N) is 1. The summed E-state index contributed by atoms with van der Waals surface area (Å²) in [6, 6.07) is 0.0333. The predicted octanol–water partition coefficient (Wildman–Crippen LogP) is 7.41. The highest BCUT2D eigenvalue weighted by Gasteiger charge is 2.11. The fraction of sp³-hybridized carbons (Fsp3) is 0.875. The molecule has 0 saturated heterocycles. The molecule has 1 unspecified atom stereocenters. The summed E-state index contributed by atoms with van der Waals surface area (Å²) >= 11 is 0. The average molecular weight is 378 g/mol. The lowest BCUT2D eigenvalue weighted by Crippen LogP contribution is -2.08. The van der Waals surface area contributed by atoms with Crippen molar-refractivity contribution in [2.24, 2.45) is 5.73 Å². The zero-order chi connectivity index (χ0) is 19.7. The lowest BCUT2D eigenvalue weighted by molar-refractivity contribution is 0.531. The Bertz CT molecular complexity index is 450. The van der Waals surface area contributed by atoms with Gasteiger partial charge < -0.3 is 10.7 Å². The first kappa shape index (κ1) is 24.2. The van der Waals surface area contributed by atoms with E-state index in [2.05, 4.69) is 18.8 Å². The van der Waals surface area contributed by atoms with Crippen molar-refractivity contribution in [3.05, 3.63) is 17.2 Å². The van der Waals surface area contributed by atoms with E-state index < -0.39 is 0 Å². The van der Waals surface area contributed by atoms with Gasteiger partial charge in [-0.05, 0) is 19.8 Å². The van der Waals surface area contributed by atoms with E-state index in [4.69, 9.17) is 10.7 Å². The second-order valence-electron chi connectivity index (χ2n) is 8.39. The molecule has 0 radical (unpaired) electrons. The van der Waals surface area contributed by atoms with Crippen LogP contribution in [-0.2, 0) is 12.8 Å². The van der Waals surface area contributed by atoms with Crippen LogP contribution in [0.2, 0.25) is 0 Å². The molecule has 3 N–H and O–H groups in total. The number of imidazole rings is 1. The normalized spacial score (nSPS) is 12.6. The maximum Gasteiger partial charge on any atom is 0.106 e. The molecule has 3 heteroatoms. The predicted molar refractivity (Wildman–Crippen MR) is 119 cm³/mol. The maximum absolute atomic E-state index is 6.01. The molecular weight excluding hydrogens is 330 g/mol. The minimum absolute atomic E-state index is 0.0333.